The summed E-state index contributed by atoms with van der Waals surface area (Å²) in [4.78, 5) is 7.02. The molecular weight excluding hydrogens is 780 g/mol. The summed E-state index contributed by atoms with van der Waals surface area (Å²) in [5.74, 6) is 0. The molecule has 4 aromatic carbocycles. The molecule has 63 heavy (non-hydrogen) atoms. The van der Waals surface area contributed by atoms with Gasteiger partial charge in [-0.15, -0.1) is 0 Å². The predicted molar refractivity (Wildman–Crippen MR) is 278 cm³/mol. The molecule has 0 radical (unpaired) electrons. The molecule has 0 unspecified atom stereocenters. The molecule has 0 spiro atoms. The number of hydrogen-bond donors (Lipinski definition) is 0. The second-order valence-corrected chi connectivity index (χ2v) is 26.6. The molecule has 2 nitrogen and oxygen atoms in total. The quantitative estimate of drug-likeness (QED) is 0.163. The van der Waals surface area contributed by atoms with Crippen LogP contribution in [-0.4, -0.2) is 6.71 Å². The summed E-state index contributed by atoms with van der Waals surface area (Å²) in [7, 11) is 0. The first-order valence-electron chi connectivity index (χ1n) is 24.2. The van der Waals surface area contributed by atoms with E-state index in [0.717, 1.165) is 0 Å². The Morgan fingerprint density at radius 2 is 1.11 bits per heavy atom. The lowest BCUT2D eigenvalue weighted by Crippen LogP contribution is -2.61. The highest BCUT2D eigenvalue weighted by Gasteiger charge is 2.52. The van der Waals surface area contributed by atoms with Crippen LogP contribution in [0.2, 0.25) is 0 Å². The van der Waals surface area contributed by atoms with Gasteiger partial charge in [-0.25, -0.2) is 0 Å². The first kappa shape index (κ1) is 42.9. The van der Waals surface area contributed by atoms with Crippen molar-refractivity contribution in [3.63, 3.8) is 0 Å². The Morgan fingerprint density at radius 1 is 0.571 bits per heavy atom. The van der Waals surface area contributed by atoms with Crippen LogP contribution in [0.4, 0.5) is 34.1 Å². The van der Waals surface area contributed by atoms with Gasteiger partial charge in [0.05, 0.1) is 11.4 Å². The molecule has 0 fully saturated rings. The lowest BCUT2D eigenvalue weighted by molar-refractivity contribution is 0.332. The highest BCUT2D eigenvalue weighted by molar-refractivity contribution is 7.29. The summed E-state index contributed by atoms with van der Waals surface area (Å²) in [6.07, 6.45) is 9.27. The van der Waals surface area contributed by atoms with Gasteiger partial charge in [-0.2, -0.15) is 11.3 Å². The molecule has 10 rings (SSSR count). The monoisotopic (exact) mass is 853 g/mol. The Hall–Kier alpha value is -4.02. The number of benzene rings is 4. The highest BCUT2D eigenvalue weighted by Crippen LogP contribution is 2.58. The molecule has 0 N–H and O–H groups in total. The molecule has 2 aliphatic heterocycles. The summed E-state index contributed by atoms with van der Waals surface area (Å²) in [5, 5.41) is 0. The minimum Gasteiger partial charge on any atom is -0.311 e. The topological polar surface area (TPSA) is 6.48 Å². The van der Waals surface area contributed by atoms with Crippen LogP contribution in [0.1, 0.15) is 192 Å². The summed E-state index contributed by atoms with van der Waals surface area (Å²) in [5.41, 5.74) is 22.9. The van der Waals surface area contributed by atoms with E-state index in [9.17, 15) is 0 Å². The molecule has 0 saturated heterocycles. The van der Waals surface area contributed by atoms with Crippen molar-refractivity contribution in [2.75, 3.05) is 9.80 Å². The molecular formula is C59H73BN2S. The molecule has 0 amide bonds. The maximum Gasteiger partial charge on any atom is 0.264 e. The van der Waals surface area contributed by atoms with Crippen LogP contribution in [0, 0.1) is 6.92 Å². The standard InChI is InChI=1S/C59H73BN2S/c1-18-36-31-37(53(3,4)5)19-22-44(36)62-47-30-35(2)29-46-49(47)60(52-50(62)48-51(63-52)59(16,17)28-27-58(48,14)15)43-33-41-42(57(12,13)26-25-56(41,10)11)34-45(43)61(46)38-20-21-39-40(32-38)55(8,9)24-23-54(39,6)7/h18-22,29-34H,1,23-28H2,2-17H3. The lowest BCUT2D eigenvalue weighted by Gasteiger charge is -2.48. The minimum absolute atomic E-state index is 0.0200. The van der Waals surface area contributed by atoms with E-state index < -0.39 is 0 Å². The van der Waals surface area contributed by atoms with E-state index in [0.29, 0.717) is 0 Å². The average Bonchev–Trinajstić information content (AvgIpc) is 3.62. The molecule has 0 bridgehead atoms. The van der Waals surface area contributed by atoms with E-state index in [4.69, 9.17) is 0 Å². The van der Waals surface area contributed by atoms with Crippen molar-refractivity contribution < 1.29 is 0 Å². The minimum atomic E-state index is 0.0200. The number of thiophene rings is 1. The van der Waals surface area contributed by atoms with Gasteiger partial charge in [-0.05, 0) is 181 Å². The molecule has 5 aromatic rings. The SMILES string of the molecule is C=Cc1cc(C(C)(C)C)ccc1N1c2cc(C)cc3c2B(c2cc4c(cc2N3c2ccc3c(c2)C(C)(C)CCC3(C)C)C(C)(C)CCC4(C)C)c2sc3c(c21)C(C)(C)CCC3(C)C. The van der Waals surface area contributed by atoms with E-state index in [-0.39, 0.29) is 44.6 Å². The third kappa shape index (κ3) is 6.22. The number of fused-ring (bicyclic) bond motifs is 8. The van der Waals surface area contributed by atoms with Crippen LogP contribution in [0.5, 0.6) is 0 Å². The van der Waals surface area contributed by atoms with Gasteiger partial charge in [0.25, 0.3) is 6.71 Å². The molecule has 3 aliphatic carbocycles. The van der Waals surface area contributed by atoms with E-state index in [1.54, 1.807) is 16.0 Å². The van der Waals surface area contributed by atoms with Crippen LogP contribution < -0.4 is 25.5 Å². The summed E-state index contributed by atoms with van der Waals surface area (Å²) >= 11 is 2.14. The molecule has 3 heterocycles. The first-order valence-corrected chi connectivity index (χ1v) is 25.0. The zero-order valence-corrected chi connectivity index (χ0v) is 42.5. The second-order valence-electron chi connectivity index (χ2n) is 25.6. The largest absolute Gasteiger partial charge is 0.311 e. The van der Waals surface area contributed by atoms with E-state index in [1.807, 2.05) is 0 Å². The van der Waals surface area contributed by atoms with Crippen LogP contribution in [0.3, 0.4) is 0 Å². The number of aryl methyl sites for hydroxylation is 1. The number of hydrogen-bond acceptors (Lipinski definition) is 3. The van der Waals surface area contributed by atoms with Crippen molar-refractivity contribution >= 4 is 74.0 Å². The van der Waals surface area contributed by atoms with Crippen molar-refractivity contribution in [2.45, 2.75) is 187 Å². The zero-order valence-electron chi connectivity index (χ0n) is 41.7. The Labute approximate surface area is 385 Å². The summed E-state index contributed by atoms with van der Waals surface area (Å²) in [6, 6.07) is 25.3. The van der Waals surface area contributed by atoms with Gasteiger partial charge in [-0.1, -0.05) is 135 Å². The van der Waals surface area contributed by atoms with Gasteiger partial charge in [0.2, 0.25) is 0 Å². The van der Waals surface area contributed by atoms with Gasteiger partial charge in [-0.3, -0.25) is 0 Å². The molecule has 1 aromatic heterocycles. The van der Waals surface area contributed by atoms with Gasteiger partial charge in [0.15, 0.2) is 0 Å². The van der Waals surface area contributed by atoms with E-state index in [2.05, 4.69) is 205 Å². The normalized spacial score (nSPS) is 21.4. The second kappa shape index (κ2) is 13.3. The highest BCUT2D eigenvalue weighted by atomic mass is 32.1. The number of anilines is 6. The fourth-order valence-corrected chi connectivity index (χ4v) is 14.3. The van der Waals surface area contributed by atoms with Crippen LogP contribution >= 0.6 is 11.3 Å². The van der Waals surface area contributed by atoms with Gasteiger partial charge >= 0.3 is 0 Å². The Balaban J connectivity index is 1.36. The molecule has 0 saturated carbocycles. The van der Waals surface area contributed by atoms with Crippen LogP contribution in [0.15, 0.2) is 67.2 Å². The predicted octanol–water partition coefficient (Wildman–Crippen LogP) is 15.1. The van der Waals surface area contributed by atoms with Crippen molar-refractivity contribution in [3.8, 4) is 0 Å². The fourth-order valence-electron chi connectivity index (χ4n) is 12.6. The third-order valence-corrected chi connectivity index (χ3v) is 18.7. The fraction of sp³-hybridized carbons (Fsp3) is 0.492. The molecule has 0 atom stereocenters. The summed E-state index contributed by atoms with van der Waals surface area (Å²) in [6.45, 7) is 43.8. The Bertz CT molecular complexity index is 2780. The van der Waals surface area contributed by atoms with Gasteiger partial charge in [0, 0.05) is 32.4 Å². The maximum atomic E-state index is 4.50. The smallest absolute Gasteiger partial charge is 0.264 e. The Kier molecular flexibility index (Phi) is 9.06. The average molecular weight is 853 g/mol. The number of rotatable bonds is 3. The molecule has 328 valence electrons. The molecule has 5 aliphatic rings. The van der Waals surface area contributed by atoms with E-state index in [1.165, 1.54) is 122 Å². The van der Waals surface area contributed by atoms with Crippen molar-refractivity contribution in [1.29, 1.82) is 0 Å². The lowest BCUT2D eigenvalue weighted by atomic mass is 9.35. The van der Waals surface area contributed by atoms with Crippen molar-refractivity contribution in [1.82, 2.24) is 0 Å². The van der Waals surface area contributed by atoms with E-state index >= 15 is 0 Å². The zero-order chi connectivity index (χ0) is 45.4. The Morgan fingerprint density at radius 3 is 1.71 bits per heavy atom. The van der Waals surface area contributed by atoms with Crippen molar-refractivity contribution in [3.05, 3.63) is 117 Å². The summed E-state index contributed by atoms with van der Waals surface area (Å²) < 4.78 is 1.51. The van der Waals surface area contributed by atoms with Crippen LogP contribution in [0.25, 0.3) is 6.08 Å². The third-order valence-electron chi connectivity index (χ3n) is 17.1. The van der Waals surface area contributed by atoms with Gasteiger partial charge < -0.3 is 9.80 Å². The number of nitrogens with zero attached hydrogens (tertiary/aromatic N) is 2. The van der Waals surface area contributed by atoms with Crippen LogP contribution in [-0.2, 0) is 37.9 Å². The first-order chi connectivity index (χ1) is 29.2. The van der Waals surface area contributed by atoms with Gasteiger partial charge in [0.1, 0.15) is 0 Å². The molecule has 4 heteroatoms. The van der Waals surface area contributed by atoms with Crippen molar-refractivity contribution in [2.24, 2.45) is 0 Å². The maximum absolute atomic E-state index is 4.50.